The molecule has 376 valence electrons. The molecule has 0 N–H and O–H groups in total. The summed E-state index contributed by atoms with van der Waals surface area (Å²) in [7, 11) is 0. The molecule has 0 heterocycles. The molecule has 0 saturated carbocycles. The van der Waals surface area contributed by atoms with E-state index in [1.54, 1.807) is 0 Å². The number of ether oxygens (including phenoxy) is 3. The van der Waals surface area contributed by atoms with Crippen molar-refractivity contribution in [3.63, 3.8) is 0 Å². The fourth-order valence-electron chi connectivity index (χ4n) is 7.86. The van der Waals surface area contributed by atoms with Gasteiger partial charge in [-0.05, 0) is 70.6 Å². The van der Waals surface area contributed by atoms with Crippen LogP contribution in [0, 0.1) is 0 Å². The van der Waals surface area contributed by atoms with E-state index in [1.165, 1.54) is 167 Å². The third-order valence-electron chi connectivity index (χ3n) is 12.0. The molecule has 1 unspecified atom stereocenters. The molecule has 6 heteroatoms. The normalized spacial score (nSPS) is 12.5. The van der Waals surface area contributed by atoms with Gasteiger partial charge in [-0.3, -0.25) is 14.4 Å². The van der Waals surface area contributed by atoms with Gasteiger partial charge in [0, 0.05) is 19.3 Å². The van der Waals surface area contributed by atoms with E-state index in [1.807, 2.05) is 12.2 Å². The van der Waals surface area contributed by atoms with Crippen molar-refractivity contribution in [1.82, 2.24) is 0 Å². The molecule has 0 aliphatic carbocycles. The predicted octanol–water partition coefficient (Wildman–Crippen LogP) is 18.4. The summed E-state index contributed by atoms with van der Waals surface area (Å²) in [5, 5.41) is 0. The maximum atomic E-state index is 12.7. The third-order valence-corrected chi connectivity index (χ3v) is 12.0. The molecule has 65 heavy (non-hydrogen) atoms. The SMILES string of the molecule is CC/C=C\C/C=C\C/C=C\C/C=C\CCC(=O)OC(COC(=O)CCCCCCCCC)COC(=O)CCCCCCCCCCCCCCCCC/C=C\CCCCCCCCCC. The molecule has 0 aromatic rings. The lowest BCUT2D eigenvalue weighted by atomic mass is 10.0. The quantitative estimate of drug-likeness (QED) is 0.0262. The van der Waals surface area contributed by atoms with Crippen molar-refractivity contribution < 1.29 is 28.6 Å². The van der Waals surface area contributed by atoms with Gasteiger partial charge in [-0.2, -0.15) is 0 Å². The number of hydrogen-bond donors (Lipinski definition) is 0. The summed E-state index contributed by atoms with van der Waals surface area (Å²) in [5.74, 6) is -0.984. The van der Waals surface area contributed by atoms with Gasteiger partial charge in [-0.15, -0.1) is 0 Å². The highest BCUT2D eigenvalue weighted by molar-refractivity contribution is 5.71. The fourth-order valence-corrected chi connectivity index (χ4v) is 7.86. The second-order valence-electron chi connectivity index (χ2n) is 18.5. The molecule has 0 amide bonds. The summed E-state index contributed by atoms with van der Waals surface area (Å²) in [5.41, 5.74) is 0. The first-order valence-electron chi connectivity index (χ1n) is 27.8. The molecule has 0 saturated heterocycles. The van der Waals surface area contributed by atoms with Gasteiger partial charge in [0.25, 0.3) is 0 Å². The third kappa shape index (κ3) is 51.9. The van der Waals surface area contributed by atoms with Gasteiger partial charge < -0.3 is 14.2 Å². The van der Waals surface area contributed by atoms with Crippen molar-refractivity contribution in [1.29, 1.82) is 0 Å². The van der Waals surface area contributed by atoms with Crippen LogP contribution in [0.5, 0.6) is 0 Å². The number of carbonyl (C=O) groups is 3. The number of hydrogen-bond acceptors (Lipinski definition) is 6. The van der Waals surface area contributed by atoms with Crippen molar-refractivity contribution >= 4 is 17.9 Å². The summed E-state index contributed by atoms with van der Waals surface area (Å²) >= 11 is 0. The maximum Gasteiger partial charge on any atom is 0.306 e. The standard InChI is InChI=1S/C59H104O6/c1-4-7-10-13-16-18-20-22-23-24-25-26-27-28-29-30-31-32-33-34-35-37-38-40-43-46-49-52-58(61)64-55-56(54-63-57(60)51-48-45-42-15-12-9-6-3)65-59(62)53-50-47-44-41-39-36-21-19-17-14-11-8-5-2/h8,11,17,19,24-25,36,39,44,47,56H,4-7,9-10,12-16,18,20-23,26-35,37-38,40-43,45-46,48-55H2,1-3H3/b11-8-,19-17-,25-24-,39-36-,47-44-. The molecule has 0 bridgehead atoms. The van der Waals surface area contributed by atoms with Crippen molar-refractivity contribution in [2.24, 2.45) is 0 Å². The highest BCUT2D eigenvalue weighted by atomic mass is 16.6. The first kappa shape index (κ1) is 62.1. The van der Waals surface area contributed by atoms with Crippen molar-refractivity contribution in [3.05, 3.63) is 60.8 Å². The second kappa shape index (κ2) is 53.7. The van der Waals surface area contributed by atoms with Crippen molar-refractivity contribution in [2.45, 2.75) is 284 Å². The lowest BCUT2D eigenvalue weighted by Crippen LogP contribution is -2.30. The Morgan fingerprint density at radius 1 is 0.323 bits per heavy atom. The average molecular weight is 909 g/mol. The molecule has 0 fully saturated rings. The van der Waals surface area contributed by atoms with Crippen LogP contribution in [-0.2, 0) is 28.6 Å². The number of unbranched alkanes of at least 4 members (excludes halogenated alkanes) is 29. The summed E-state index contributed by atoms with van der Waals surface area (Å²) in [6.45, 7) is 6.43. The van der Waals surface area contributed by atoms with Crippen LogP contribution >= 0.6 is 0 Å². The second-order valence-corrected chi connectivity index (χ2v) is 18.5. The molecule has 0 aliphatic heterocycles. The van der Waals surface area contributed by atoms with E-state index >= 15 is 0 Å². The van der Waals surface area contributed by atoms with Gasteiger partial charge in [0.15, 0.2) is 6.10 Å². The molecule has 0 aromatic heterocycles. The monoisotopic (exact) mass is 909 g/mol. The first-order chi connectivity index (χ1) is 32.0. The molecule has 0 rings (SSSR count). The van der Waals surface area contributed by atoms with Crippen molar-refractivity contribution in [2.75, 3.05) is 13.2 Å². The predicted molar refractivity (Wildman–Crippen MR) is 279 cm³/mol. The molecule has 1 atom stereocenters. The zero-order valence-electron chi connectivity index (χ0n) is 43.0. The van der Waals surface area contributed by atoms with Crippen LogP contribution in [0.15, 0.2) is 60.8 Å². The summed E-state index contributed by atoms with van der Waals surface area (Å²) in [6.07, 6.45) is 67.0. The Balaban J connectivity index is 4.11. The Kier molecular flexibility index (Phi) is 51.3. The van der Waals surface area contributed by atoms with E-state index < -0.39 is 6.10 Å². The molecule has 0 radical (unpaired) electrons. The lowest BCUT2D eigenvalue weighted by molar-refractivity contribution is -0.166. The molecular formula is C59H104O6. The van der Waals surface area contributed by atoms with Gasteiger partial charge in [0.2, 0.25) is 0 Å². The topological polar surface area (TPSA) is 78.9 Å². The minimum atomic E-state index is -0.807. The summed E-state index contributed by atoms with van der Waals surface area (Å²) in [4.78, 5) is 37.8. The van der Waals surface area contributed by atoms with Crippen LogP contribution in [-0.4, -0.2) is 37.2 Å². The fraction of sp³-hybridized carbons (Fsp3) is 0.780. The van der Waals surface area contributed by atoms with Crippen molar-refractivity contribution in [3.8, 4) is 0 Å². The molecular weight excluding hydrogens is 805 g/mol. The van der Waals surface area contributed by atoms with Gasteiger partial charge >= 0.3 is 17.9 Å². The number of allylic oxidation sites excluding steroid dienone is 10. The Morgan fingerprint density at radius 2 is 0.631 bits per heavy atom. The first-order valence-corrected chi connectivity index (χ1v) is 27.8. The van der Waals surface area contributed by atoms with E-state index in [-0.39, 0.29) is 37.5 Å². The highest BCUT2D eigenvalue weighted by Crippen LogP contribution is 2.16. The minimum absolute atomic E-state index is 0.101. The smallest absolute Gasteiger partial charge is 0.306 e. The van der Waals surface area contributed by atoms with E-state index in [4.69, 9.17) is 14.2 Å². The Hall–Kier alpha value is -2.89. The largest absolute Gasteiger partial charge is 0.462 e. The molecule has 0 aliphatic rings. The Labute approximate surface area is 402 Å². The molecule has 0 aromatic carbocycles. The van der Waals surface area contributed by atoms with E-state index in [0.29, 0.717) is 19.3 Å². The number of rotatable bonds is 50. The molecule has 6 nitrogen and oxygen atoms in total. The lowest BCUT2D eigenvalue weighted by Gasteiger charge is -2.18. The van der Waals surface area contributed by atoms with E-state index in [9.17, 15) is 14.4 Å². The zero-order valence-corrected chi connectivity index (χ0v) is 43.0. The summed E-state index contributed by atoms with van der Waals surface area (Å²) < 4.78 is 16.7. The van der Waals surface area contributed by atoms with Gasteiger partial charge in [0.1, 0.15) is 13.2 Å². The summed E-state index contributed by atoms with van der Waals surface area (Å²) in [6, 6.07) is 0. The highest BCUT2D eigenvalue weighted by Gasteiger charge is 2.19. The number of esters is 3. The Morgan fingerprint density at radius 3 is 1.00 bits per heavy atom. The van der Waals surface area contributed by atoms with Gasteiger partial charge in [-0.25, -0.2) is 0 Å². The van der Waals surface area contributed by atoms with Gasteiger partial charge in [0.05, 0.1) is 0 Å². The van der Waals surface area contributed by atoms with Crippen LogP contribution in [0.2, 0.25) is 0 Å². The van der Waals surface area contributed by atoms with Crippen LogP contribution in [0.4, 0.5) is 0 Å². The Bertz CT molecular complexity index is 1180. The van der Waals surface area contributed by atoms with Crippen LogP contribution in [0.3, 0.4) is 0 Å². The van der Waals surface area contributed by atoms with Crippen LogP contribution in [0.25, 0.3) is 0 Å². The van der Waals surface area contributed by atoms with E-state index in [2.05, 4.69) is 69.4 Å². The minimum Gasteiger partial charge on any atom is -0.462 e. The zero-order chi connectivity index (χ0) is 47.2. The molecule has 0 spiro atoms. The maximum absolute atomic E-state index is 12.7. The van der Waals surface area contributed by atoms with Gasteiger partial charge in [-0.1, -0.05) is 248 Å². The van der Waals surface area contributed by atoms with E-state index in [0.717, 1.165) is 64.2 Å². The average Bonchev–Trinajstić information content (AvgIpc) is 3.30. The van der Waals surface area contributed by atoms with Crippen LogP contribution in [0.1, 0.15) is 278 Å². The number of carbonyl (C=O) groups excluding carboxylic acids is 3. The van der Waals surface area contributed by atoms with Crippen LogP contribution < -0.4 is 0 Å².